The SMILES string of the molecule is COC1CCC(C[C@@]2(C)CC[C@H]([C@@H](O)c3cccc(F)c3)N2)CC1. The number of methoxy groups -OCH3 is 1. The van der Waals surface area contributed by atoms with E-state index < -0.39 is 6.10 Å². The Kier molecular flexibility index (Phi) is 5.58. The average Bonchev–Trinajstić information content (AvgIpc) is 2.97. The minimum Gasteiger partial charge on any atom is -0.387 e. The Hall–Kier alpha value is -0.970. The van der Waals surface area contributed by atoms with Gasteiger partial charge in [-0.05, 0) is 75.5 Å². The molecular weight excluding hydrogens is 305 g/mol. The van der Waals surface area contributed by atoms with Gasteiger partial charge in [0.2, 0.25) is 0 Å². The van der Waals surface area contributed by atoms with Crippen molar-refractivity contribution in [3.8, 4) is 0 Å². The summed E-state index contributed by atoms with van der Waals surface area (Å²) < 4.78 is 18.9. The van der Waals surface area contributed by atoms with E-state index in [1.54, 1.807) is 12.1 Å². The third-order valence-corrected chi connectivity index (χ3v) is 5.98. The molecule has 24 heavy (non-hydrogen) atoms. The van der Waals surface area contributed by atoms with Gasteiger partial charge in [0.15, 0.2) is 0 Å². The van der Waals surface area contributed by atoms with E-state index in [1.165, 1.54) is 25.0 Å². The second-order valence-corrected chi connectivity index (χ2v) is 7.93. The largest absolute Gasteiger partial charge is 0.387 e. The number of hydrogen-bond acceptors (Lipinski definition) is 3. The van der Waals surface area contributed by atoms with Crippen LogP contribution in [0.3, 0.4) is 0 Å². The van der Waals surface area contributed by atoms with Crippen LogP contribution in [-0.2, 0) is 4.74 Å². The smallest absolute Gasteiger partial charge is 0.123 e. The topological polar surface area (TPSA) is 41.5 Å². The van der Waals surface area contributed by atoms with E-state index >= 15 is 0 Å². The fourth-order valence-electron chi connectivity index (χ4n) is 4.60. The Morgan fingerprint density at radius 3 is 2.71 bits per heavy atom. The molecule has 0 aromatic heterocycles. The molecule has 1 aromatic rings. The molecule has 1 aromatic carbocycles. The normalized spacial score (nSPS) is 35.1. The highest BCUT2D eigenvalue weighted by Gasteiger charge is 2.39. The number of benzene rings is 1. The fourth-order valence-corrected chi connectivity index (χ4v) is 4.60. The molecule has 4 heteroatoms. The second-order valence-electron chi connectivity index (χ2n) is 7.93. The summed E-state index contributed by atoms with van der Waals surface area (Å²) in [6.07, 6.45) is 7.71. The second kappa shape index (κ2) is 7.51. The molecule has 0 bridgehead atoms. The molecule has 0 amide bonds. The lowest BCUT2D eigenvalue weighted by atomic mass is 9.78. The molecule has 1 aliphatic carbocycles. The molecule has 2 N–H and O–H groups in total. The minimum atomic E-state index is -0.647. The number of hydrogen-bond donors (Lipinski definition) is 2. The maximum atomic E-state index is 13.4. The standard InChI is InChI=1S/C20H30FNO2/c1-20(13-14-6-8-17(24-2)9-7-14)11-10-18(22-20)19(23)15-4-3-5-16(21)12-15/h3-5,12,14,17-19,22-23H,6-11,13H2,1-2H3/t14?,17?,18-,19+,20-/m1/s1. The number of nitrogens with one attached hydrogen (secondary N) is 1. The fraction of sp³-hybridized carbons (Fsp3) is 0.700. The Labute approximate surface area is 144 Å². The maximum Gasteiger partial charge on any atom is 0.123 e. The van der Waals surface area contributed by atoms with Crippen LogP contribution in [0.5, 0.6) is 0 Å². The van der Waals surface area contributed by atoms with E-state index in [-0.39, 0.29) is 17.4 Å². The molecule has 0 unspecified atom stereocenters. The van der Waals surface area contributed by atoms with Gasteiger partial charge in [0, 0.05) is 18.7 Å². The van der Waals surface area contributed by atoms with Crippen LogP contribution in [-0.4, -0.2) is 29.9 Å². The molecule has 0 radical (unpaired) electrons. The van der Waals surface area contributed by atoms with Crippen LogP contribution in [0.1, 0.15) is 63.5 Å². The van der Waals surface area contributed by atoms with Crippen LogP contribution in [0, 0.1) is 11.7 Å². The third-order valence-electron chi connectivity index (χ3n) is 5.98. The van der Waals surface area contributed by atoms with Crippen molar-refractivity contribution in [1.82, 2.24) is 5.32 Å². The first-order valence-corrected chi connectivity index (χ1v) is 9.23. The first kappa shape index (κ1) is 17.8. The van der Waals surface area contributed by atoms with Gasteiger partial charge in [-0.1, -0.05) is 12.1 Å². The average molecular weight is 335 g/mol. The highest BCUT2D eigenvalue weighted by atomic mass is 19.1. The minimum absolute atomic E-state index is 0.00659. The van der Waals surface area contributed by atoms with Crippen molar-refractivity contribution in [3.63, 3.8) is 0 Å². The molecule has 1 saturated heterocycles. The van der Waals surface area contributed by atoms with Crippen LogP contribution in [0.25, 0.3) is 0 Å². The van der Waals surface area contributed by atoms with Gasteiger partial charge < -0.3 is 15.2 Å². The predicted octanol–water partition coefficient (Wildman–Crippen LogP) is 3.97. The van der Waals surface area contributed by atoms with Gasteiger partial charge in [-0.25, -0.2) is 4.39 Å². The molecule has 2 aliphatic rings. The van der Waals surface area contributed by atoms with Gasteiger partial charge in [-0.15, -0.1) is 0 Å². The first-order valence-electron chi connectivity index (χ1n) is 9.23. The van der Waals surface area contributed by atoms with Gasteiger partial charge in [0.1, 0.15) is 5.82 Å². The summed E-state index contributed by atoms with van der Waals surface area (Å²) in [5, 5.41) is 14.3. The molecule has 1 saturated carbocycles. The molecule has 1 heterocycles. The maximum absolute atomic E-state index is 13.4. The lowest BCUT2D eigenvalue weighted by Crippen LogP contribution is -2.44. The molecule has 3 rings (SSSR count). The summed E-state index contributed by atoms with van der Waals surface area (Å²) in [6.45, 7) is 2.27. The van der Waals surface area contributed by atoms with E-state index in [2.05, 4.69) is 12.2 Å². The summed E-state index contributed by atoms with van der Waals surface area (Å²) in [6, 6.07) is 6.33. The third kappa shape index (κ3) is 4.16. The molecule has 2 fully saturated rings. The monoisotopic (exact) mass is 335 g/mol. The summed E-state index contributed by atoms with van der Waals surface area (Å²) in [4.78, 5) is 0. The Balaban J connectivity index is 1.56. The van der Waals surface area contributed by atoms with E-state index in [0.29, 0.717) is 11.7 Å². The van der Waals surface area contributed by atoms with Crippen molar-refractivity contribution in [2.24, 2.45) is 5.92 Å². The molecule has 1 aliphatic heterocycles. The van der Waals surface area contributed by atoms with Gasteiger partial charge in [-0.2, -0.15) is 0 Å². The quantitative estimate of drug-likeness (QED) is 0.856. The Morgan fingerprint density at radius 1 is 1.29 bits per heavy atom. The first-order chi connectivity index (χ1) is 11.5. The van der Waals surface area contributed by atoms with Crippen molar-refractivity contribution in [2.45, 2.75) is 75.7 Å². The van der Waals surface area contributed by atoms with E-state index in [1.807, 2.05) is 7.11 Å². The van der Waals surface area contributed by atoms with Crippen molar-refractivity contribution in [1.29, 1.82) is 0 Å². The van der Waals surface area contributed by atoms with E-state index in [9.17, 15) is 9.50 Å². The number of rotatable bonds is 5. The number of aliphatic hydroxyl groups excluding tert-OH is 1. The van der Waals surface area contributed by atoms with Crippen LogP contribution >= 0.6 is 0 Å². The van der Waals surface area contributed by atoms with Crippen molar-refractivity contribution in [3.05, 3.63) is 35.6 Å². The highest BCUT2D eigenvalue weighted by Crippen LogP contribution is 2.38. The zero-order valence-corrected chi connectivity index (χ0v) is 14.8. The van der Waals surface area contributed by atoms with Crippen molar-refractivity contribution < 1.29 is 14.2 Å². The predicted molar refractivity (Wildman–Crippen MR) is 93.3 cm³/mol. The molecule has 0 spiro atoms. The number of ether oxygens (including phenoxy) is 1. The lowest BCUT2D eigenvalue weighted by molar-refractivity contribution is 0.0504. The summed E-state index contributed by atoms with van der Waals surface area (Å²) in [7, 11) is 1.81. The summed E-state index contributed by atoms with van der Waals surface area (Å²) in [5.41, 5.74) is 0.737. The molecular formula is C20H30FNO2. The summed E-state index contributed by atoms with van der Waals surface area (Å²) >= 11 is 0. The van der Waals surface area contributed by atoms with Crippen molar-refractivity contribution in [2.75, 3.05) is 7.11 Å². The Morgan fingerprint density at radius 2 is 2.04 bits per heavy atom. The van der Waals surface area contributed by atoms with Crippen LogP contribution in [0.4, 0.5) is 4.39 Å². The zero-order chi connectivity index (χ0) is 17.2. The van der Waals surface area contributed by atoms with Gasteiger partial charge >= 0.3 is 0 Å². The lowest BCUT2D eigenvalue weighted by Gasteiger charge is -2.35. The van der Waals surface area contributed by atoms with Gasteiger partial charge in [0.05, 0.1) is 12.2 Å². The molecule has 134 valence electrons. The summed E-state index contributed by atoms with van der Waals surface area (Å²) in [5.74, 6) is 0.446. The van der Waals surface area contributed by atoms with Crippen LogP contribution in [0.15, 0.2) is 24.3 Å². The number of aliphatic hydroxyl groups is 1. The van der Waals surface area contributed by atoms with Gasteiger partial charge in [0.25, 0.3) is 0 Å². The zero-order valence-electron chi connectivity index (χ0n) is 14.8. The Bertz CT molecular complexity index is 544. The highest BCUT2D eigenvalue weighted by molar-refractivity contribution is 5.21. The molecule has 3 nitrogen and oxygen atoms in total. The van der Waals surface area contributed by atoms with Crippen molar-refractivity contribution >= 4 is 0 Å². The van der Waals surface area contributed by atoms with Crippen LogP contribution in [0.2, 0.25) is 0 Å². The molecule has 3 atom stereocenters. The van der Waals surface area contributed by atoms with Crippen LogP contribution < -0.4 is 5.32 Å². The number of halogens is 1. The van der Waals surface area contributed by atoms with Gasteiger partial charge in [-0.3, -0.25) is 0 Å². The van der Waals surface area contributed by atoms with E-state index in [4.69, 9.17) is 4.74 Å². The van der Waals surface area contributed by atoms with E-state index in [0.717, 1.165) is 38.0 Å².